The van der Waals surface area contributed by atoms with Crippen LogP contribution in [0.15, 0.2) is 36.5 Å². The van der Waals surface area contributed by atoms with Crippen LogP contribution in [0.3, 0.4) is 0 Å². The molecule has 0 atom stereocenters. The lowest BCUT2D eigenvalue weighted by molar-refractivity contribution is -0.133. The maximum atomic E-state index is 14.7. The van der Waals surface area contributed by atoms with Crippen molar-refractivity contribution >= 4 is 23.4 Å². The Hall–Kier alpha value is -3.30. The van der Waals surface area contributed by atoms with Crippen LogP contribution in [0.5, 0.6) is 0 Å². The smallest absolute Gasteiger partial charge is 0.322 e. The molecule has 35 heavy (non-hydrogen) atoms. The third-order valence-electron chi connectivity index (χ3n) is 7.41. The van der Waals surface area contributed by atoms with Gasteiger partial charge < -0.3 is 20.0 Å². The van der Waals surface area contributed by atoms with Gasteiger partial charge in [-0.1, -0.05) is 18.2 Å². The van der Waals surface area contributed by atoms with E-state index in [-0.39, 0.29) is 47.4 Å². The normalized spacial score (nSPS) is 20.6. The lowest BCUT2D eigenvalue weighted by Gasteiger charge is -2.53. The number of piperidine rings is 1. The highest BCUT2D eigenvalue weighted by Gasteiger charge is 2.47. The van der Waals surface area contributed by atoms with E-state index in [1.807, 2.05) is 4.90 Å². The maximum absolute atomic E-state index is 14.7. The molecule has 2 aromatic rings. The van der Waals surface area contributed by atoms with E-state index in [1.165, 1.54) is 17.2 Å². The molecule has 5 rings (SSSR count). The average molecular weight is 488 g/mol. The first-order chi connectivity index (χ1) is 16.7. The first kappa shape index (κ1) is 23.4. The van der Waals surface area contributed by atoms with Crippen LogP contribution in [0, 0.1) is 11.2 Å². The van der Waals surface area contributed by atoms with Crippen molar-refractivity contribution in [2.24, 2.45) is 5.41 Å². The Kier molecular flexibility index (Phi) is 5.85. The molecule has 1 spiro atoms. The van der Waals surface area contributed by atoms with E-state index in [1.54, 1.807) is 36.1 Å². The molecule has 3 aliphatic heterocycles. The molecule has 1 aromatic heterocycles. The summed E-state index contributed by atoms with van der Waals surface area (Å²) < 4.78 is 42.7. The van der Waals surface area contributed by atoms with Gasteiger partial charge in [0.15, 0.2) is 5.82 Å². The molecule has 1 aromatic carbocycles. The second-order valence-electron chi connectivity index (χ2n) is 9.86. The number of pyridine rings is 1. The van der Waals surface area contributed by atoms with Crippen LogP contribution in [0.2, 0.25) is 0 Å². The van der Waals surface area contributed by atoms with E-state index in [2.05, 4.69) is 10.3 Å². The first-order valence-corrected chi connectivity index (χ1v) is 11.8. The number of alkyl halides is 2. The summed E-state index contributed by atoms with van der Waals surface area (Å²) in [6.45, 7) is 3.60. The zero-order valence-corrected chi connectivity index (χ0v) is 19.6. The standard InChI is InChI=1S/C25H28F3N5O2/c1-17(34)31-11-7-24(8-12-31)14-33(15-24)23(35)30-21-19(18-4-2-3-5-20(18)26)6-10-29-22(21)32-13-9-25(27,28)16-32/h2-6,10H,7-9,11-16H2,1H3,(H,30,35). The minimum Gasteiger partial charge on any atom is -0.349 e. The molecule has 4 heterocycles. The largest absolute Gasteiger partial charge is 0.349 e. The topological polar surface area (TPSA) is 68.8 Å². The van der Waals surface area contributed by atoms with Crippen molar-refractivity contribution in [3.05, 3.63) is 42.3 Å². The van der Waals surface area contributed by atoms with Gasteiger partial charge in [-0.05, 0) is 25.0 Å². The predicted octanol–water partition coefficient (Wildman–Crippen LogP) is 4.21. The Morgan fingerprint density at radius 3 is 2.29 bits per heavy atom. The number of halogens is 3. The third-order valence-corrected chi connectivity index (χ3v) is 7.41. The summed E-state index contributed by atoms with van der Waals surface area (Å²) in [5.41, 5.74) is 0.871. The van der Waals surface area contributed by atoms with Crippen molar-refractivity contribution < 1.29 is 22.8 Å². The summed E-state index contributed by atoms with van der Waals surface area (Å²) in [6, 6.07) is 7.36. The molecule has 0 unspecified atom stereocenters. The number of nitrogens with one attached hydrogen (secondary N) is 1. The quantitative estimate of drug-likeness (QED) is 0.705. The fraction of sp³-hybridized carbons (Fsp3) is 0.480. The van der Waals surface area contributed by atoms with E-state index in [9.17, 15) is 22.8 Å². The second kappa shape index (κ2) is 8.73. The molecular formula is C25H28F3N5O2. The molecular weight excluding hydrogens is 459 g/mol. The van der Waals surface area contributed by atoms with Gasteiger partial charge in [0.1, 0.15) is 5.82 Å². The molecule has 3 saturated heterocycles. The Balaban J connectivity index is 1.38. The van der Waals surface area contributed by atoms with E-state index in [0.29, 0.717) is 31.7 Å². The highest BCUT2D eigenvalue weighted by Crippen LogP contribution is 2.43. The molecule has 186 valence electrons. The van der Waals surface area contributed by atoms with Crippen molar-refractivity contribution in [2.45, 2.75) is 32.1 Å². The minimum atomic E-state index is -2.85. The molecule has 0 bridgehead atoms. The van der Waals surface area contributed by atoms with Gasteiger partial charge in [-0.15, -0.1) is 0 Å². The predicted molar refractivity (Wildman–Crippen MR) is 126 cm³/mol. The van der Waals surface area contributed by atoms with Gasteiger partial charge >= 0.3 is 6.03 Å². The fourth-order valence-electron chi connectivity index (χ4n) is 5.34. The number of hydrogen-bond acceptors (Lipinski definition) is 4. The van der Waals surface area contributed by atoms with E-state index in [0.717, 1.165) is 12.8 Å². The SMILES string of the molecule is CC(=O)N1CCC2(CC1)CN(C(=O)Nc1c(-c3ccccc3F)ccnc1N1CCC(F)(F)C1)C2. The lowest BCUT2D eigenvalue weighted by Crippen LogP contribution is -2.63. The minimum absolute atomic E-state index is 0.00750. The molecule has 10 heteroatoms. The number of urea groups is 1. The number of anilines is 2. The number of rotatable bonds is 3. The van der Waals surface area contributed by atoms with Crippen LogP contribution >= 0.6 is 0 Å². The summed E-state index contributed by atoms with van der Waals surface area (Å²) in [5, 5.41) is 2.87. The zero-order chi connectivity index (χ0) is 24.8. The van der Waals surface area contributed by atoms with Crippen LogP contribution in [0.4, 0.5) is 29.5 Å². The van der Waals surface area contributed by atoms with Crippen LogP contribution in [0.25, 0.3) is 11.1 Å². The summed E-state index contributed by atoms with van der Waals surface area (Å²) >= 11 is 0. The van der Waals surface area contributed by atoms with Crippen molar-refractivity contribution in [3.8, 4) is 11.1 Å². The summed E-state index contributed by atoms with van der Waals surface area (Å²) in [5.74, 6) is -3.06. The lowest BCUT2D eigenvalue weighted by atomic mass is 9.72. The van der Waals surface area contributed by atoms with Crippen LogP contribution < -0.4 is 10.2 Å². The molecule has 3 amide bonds. The number of benzene rings is 1. The van der Waals surface area contributed by atoms with Gasteiger partial charge in [-0.3, -0.25) is 4.79 Å². The van der Waals surface area contributed by atoms with Crippen molar-refractivity contribution in [1.29, 1.82) is 0 Å². The van der Waals surface area contributed by atoms with Crippen molar-refractivity contribution in [1.82, 2.24) is 14.8 Å². The Labute approximate surface area is 201 Å². The molecule has 3 fully saturated rings. The molecule has 7 nitrogen and oxygen atoms in total. The average Bonchev–Trinajstić information content (AvgIpc) is 3.17. The summed E-state index contributed by atoms with van der Waals surface area (Å²) in [4.78, 5) is 34.1. The van der Waals surface area contributed by atoms with Gasteiger partial charge in [-0.2, -0.15) is 0 Å². The molecule has 1 N–H and O–H groups in total. The van der Waals surface area contributed by atoms with Crippen LogP contribution in [0.1, 0.15) is 26.2 Å². The number of hydrogen-bond donors (Lipinski definition) is 1. The van der Waals surface area contributed by atoms with E-state index in [4.69, 9.17) is 0 Å². The third kappa shape index (κ3) is 4.53. The first-order valence-electron chi connectivity index (χ1n) is 11.8. The van der Waals surface area contributed by atoms with Gasteiger partial charge in [0, 0.05) is 68.8 Å². The number of likely N-dealkylation sites (tertiary alicyclic amines) is 2. The van der Waals surface area contributed by atoms with Gasteiger partial charge in [0.25, 0.3) is 5.92 Å². The molecule has 0 radical (unpaired) electrons. The zero-order valence-electron chi connectivity index (χ0n) is 19.6. The van der Waals surface area contributed by atoms with Gasteiger partial charge in [0.05, 0.1) is 12.2 Å². The summed E-state index contributed by atoms with van der Waals surface area (Å²) in [7, 11) is 0. The Morgan fingerprint density at radius 1 is 0.943 bits per heavy atom. The maximum Gasteiger partial charge on any atom is 0.322 e. The molecule has 0 saturated carbocycles. The monoisotopic (exact) mass is 487 g/mol. The van der Waals surface area contributed by atoms with Crippen molar-refractivity contribution in [3.63, 3.8) is 0 Å². The fourth-order valence-corrected chi connectivity index (χ4v) is 5.34. The highest BCUT2D eigenvalue weighted by molar-refractivity contribution is 5.99. The number of nitrogens with zero attached hydrogens (tertiary/aromatic N) is 4. The summed E-state index contributed by atoms with van der Waals surface area (Å²) in [6.07, 6.45) is 2.80. The number of aromatic nitrogens is 1. The number of carbonyl (C=O) groups is 2. The van der Waals surface area contributed by atoms with Crippen molar-refractivity contribution in [2.75, 3.05) is 49.5 Å². The molecule has 0 aliphatic carbocycles. The van der Waals surface area contributed by atoms with E-state index >= 15 is 0 Å². The Bertz CT molecular complexity index is 1140. The van der Waals surface area contributed by atoms with Gasteiger partial charge in [0.2, 0.25) is 5.91 Å². The van der Waals surface area contributed by atoms with Crippen LogP contribution in [-0.2, 0) is 4.79 Å². The second-order valence-corrected chi connectivity index (χ2v) is 9.86. The van der Waals surface area contributed by atoms with Crippen LogP contribution in [-0.4, -0.2) is 71.9 Å². The number of carbonyl (C=O) groups excluding carboxylic acids is 2. The Morgan fingerprint density at radius 2 is 1.66 bits per heavy atom. The number of amides is 3. The molecule has 3 aliphatic rings. The van der Waals surface area contributed by atoms with Gasteiger partial charge in [-0.25, -0.2) is 22.9 Å². The van der Waals surface area contributed by atoms with E-state index < -0.39 is 18.3 Å². The highest BCUT2D eigenvalue weighted by atomic mass is 19.3.